The highest BCUT2D eigenvalue weighted by molar-refractivity contribution is 6.11. The van der Waals surface area contributed by atoms with Crippen LogP contribution >= 0.6 is 0 Å². The summed E-state index contributed by atoms with van der Waals surface area (Å²) in [7, 11) is 0. The number of hydrogen-bond acceptors (Lipinski definition) is 7. The lowest BCUT2D eigenvalue weighted by Gasteiger charge is -2.01. The zero-order valence-corrected chi connectivity index (χ0v) is 19.3. The number of nitrogen functional groups attached to an aromatic ring is 2. The number of ketones is 1. The summed E-state index contributed by atoms with van der Waals surface area (Å²) in [5.41, 5.74) is 18.6. The topological polar surface area (TPSA) is 121 Å². The molecule has 7 heteroatoms. The number of carbonyl (C=O) groups excluding carboxylic acids is 1. The van der Waals surface area contributed by atoms with Crippen molar-refractivity contribution in [3.63, 3.8) is 0 Å². The van der Waals surface area contributed by atoms with E-state index in [4.69, 9.17) is 20.3 Å². The van der Waals surface area contributed by atoms with Gasteiger partial charge in [-0.2, -0.15) is 0 Å². The molecule has 176 valence electrons. The third-order valence-corrected chi connectivity index (χ3v) is 6.06. The summed E-state index contributed by atoms with van der Waals surface area (Å²) in [4.78, 5) is 22.3. The number of fused-ring (bicyclic) bond motifs is 2. The smallest absolute Gasteiger partial charge is 0.199 e. The fourth-order valence-electron chi connectivity index (χ4n) is 4.17. The first-order valence-electron chi connectivity index (χ1n) is 11.5. The minimum Gasteiger partial charge on any atom is -0.440 e. The number of nitrogens with zero attached hydrogens (tertiary/aromatic N) is 2. The van der Waals surface area contributed by atoms with E-state index >= 15 is 0 Å². The van der Waals surface area contributed by atoms with Gasteiger partial charge >= 0.3 is 0 Å². The molecule has 2 aromatic heterocycles. The first-order chi connectivity index (χ1) is 17.5. The normalized spacial score (nSPS) is 11.3. The summed E-state index contributed by atoms with van der Waals surface area (Å²) in [5.74, 6) is 1.03. The Balaban J connectivity index is 1.23. The fourth-order valence-corrected chi connectivity index (χ4v) is 4.17. The predicted octanol–water partition coefficient (Wildman–Crippen LogP) is 5.55. The molecular weight excluding hydrogens is 452 g/mol. The second kappa shape index (κ2) is 8.70. The molecule has 0 bridgehead atoms. The van der Waals surface area contributed by atoms with Gasteiger partial charge in [-0.25, -0.2) is 9.97 Å². The van der Waals surface area contributed by atoms with E-state index in [9.17, 15) is 4.79 Å². The van der Waals surface area contributed by atoms with Crippen LogP contribution in [0.5, 0.6) is 0 Å². The van der Waals surface area contributed by atoms with Crippen molar-refractivity contribution in [3.8, 4) is 0 Å². The predicted molar refractivity (Wildman–Crippen MR) is 139 cm³/mol. The number of rotatable bonds is 6. The largest absolute Gasteiger partial charge is 0.440 e. The minimum atomic E-state index is -0.133. The summed E-state index contributed by atoms with van der Waals surface area (Å²) in [6, 6.07) is 25.8. The molecule has 6 rings (SSSR count). The molecule has 4 aromatic carbocycles. The van der Waals surface area contributed by atoms with E-state index in [1.165, 1.54) is 0 Å². The third kappa shape index (κ3) is 4.30. The lowest BCUT2D eigenvalue weighted by Crippen LogP contribution is -2.00. The molecule has 0 fully saturated rings. The van der Waals surface area contributed by atoms with Crippen molar-refractivity contribution in [3.05, 3.63) is 119 Å². The van der Waals surface area contributed by atoms with E-state index in [0.29, 0.717) is 69.3 Å². The first kappa shape index (κ1) is 21.6. The lowest BCUT2D eigenvalue weighted by molar-refractivity contribution is 0.103. The van der Waals surface area contributed by atoms with E-state index in [2.05, 4.69) is 9.97 Å². The van der Waals surface area contributed by atoms with Crippen molar-refractivity contribution < 1.29 is 13.6 Å². The SMILES string of the molecule is Nc1ccc(Cc2nc3ccc(C(=O)c4ccc5nc(Cc6ccc(N)cc6)oc5c4)cc3o2)cc1. The molecule has 0 spiro atoms. The fraction of sp³-hybridized carbons (Fsp3) is 0.0690. The van der Waals surface area contributed by atoms with Gasteiger partial charge in [-0.15, -0.1) is 0 Å². The van der Waals surface area contributed by atoms with Crippen LogP contribution in [-0.4, -0.2) is 15.8 Å². The third-order valence-electron chi connectivity index (χ3n) is 6.06. The Hall–Kier alpha value is -4.91. The van der Waals surface area contributed by atoms with Crippen molar-refractivity contribution in [2.45, 2.75) is 12.8 Å². The summed E-state index contributed by atoms with van der Waals surface area (Å²) < 4.78 is 11.9. The molecule has 0 amide bonds. The van der Waals surface area contributed by atoms with Gasteiger partial charge in [0.05, 0.1) is 0 Å². The molecule has 7 nitrogen and oxygen atoms in total. The summed E-state index contributed by atoms with van der Waals surface area (Å²) in [6.07, 6.45) is 1.08. The highest BCUT2D eigenvalue weighted by atomic mass is 16.4. The van der Waals surface area contributed by atoms with E-state index in [-0.39, 0.29) is 5.78 Å². The van der Waals surface area contributed by atoms with Crippen LogP contribution in [-0.2, 0) is 12.8 Å². The molecule has 0 radical (unpaired) electrons. The standard InChI is InChI=1S/C29H22N4O3/c30-21-7-1-17(2-8-21)13-27-32-23-11-5-19(15-25(23)35-27)29(34)20-6-12-24-26(16-20)36-28(33-24)14-18-3-9-22(31)10-4-18/h1-12,15-16H,13-14,30-31H2. The zero-order valence-electron chi connectivity index (χ0n) is 19.3. The van der Waals surface area contributed by atoms with Crippen LogP contribution in [0.15, 0.2) is 93.8 Å². The van der Waals surface area contributed by atoms with Gasteiger partial charge in [-0.1, -0.05) is 24.3 Å². The number of aromatic nitrogens is 2. The molecule has 6 aromatic rings. The van der Waals surface area contributed by atoms with Crippen molar-refractivity contribution in [1.29, 1.82) is 0 Å². The number of nitrogens with two attached hydrogens (primary N) is 2. The molecule has 0 saturated heterocycles. The summed E-state index contributed by atoms with van der Waals surface area (Å²) in [6.45, 7) is 0. The second-order valence-corrected chi connectivity index (χ2v) is 8.75. The lowest BCUT2D eigenvalue weighted by atomic mass is 10.0. The van der Waals surface area contributed by atoms with Crippen molar-refractivity contribution in [1.82, 2.24) is 9.97 Å². The second-order valence-electron chi connectivity index (χ2n) is 8.75. The van der Waals surface area contributed by atoms with Crippen LogP contribution in [0.25, 0.3) is 22.2 Å². The molecule has 0 atom stereocenters. The Morgan fingerprint density at radius 3 is 1.44 bits per heavy atom. The van der Waals surface area contributed by atoms with Crippen LogP contribution < -0.4 is 11.5 Å². The van der Waals surface area contributed by atoms with Crippen LogP contribution in [0.1, 0.15) is 38.8 Å². The van der Waals surface area contributed by atoms with Gasteiger partial charge in [-0.3, -0.25) is 4.79 Å². The highest BCUT2D eigenvalue weighted by Crippen LogP contribution is 2.24. The van der Waals surface area contributed by atoms with E-state index in [1.807, 2.05) is 48.5 Å². The molecule has 0 aliphatic carbocycles. The Labute approximate surface area is 206 Å². The van der Waals surface area contributed by atoms with E-state index in [0.717, 1.165) is 11.1 Å². The summed E-state index contributed by atoms with van der Waals surface area (Å²) >= 11 is 0. The van der Waals surface area contributed by atoms with E-state index < -0.39 is 0 Å². The molecule has 0 unspecified atom stereocenters. The maximum atomic E-state index is 13.2. The van der Waals surface area contributed by atoms with Gasteiger partial charge in [0.15, 0.2) is 28.7 Å². The molecule has 0 saturated carbocycles. The summed E-state index contributed by atoms with van der Waals surface area (Å²) in [5, 5.41) is 0. The number of hydrogen-bond donors (Lipinski definition) is 2. The Kier molecular flexibility index (Phi) is 5.22. The quantitative estimate of drug-likeness (QED) is 0.240. The first-order valence-corrected chi connectivity index (χ1v) is 11.5. The van der Waals surface area contributed by atoms with Crippen LogP contribution in [0.3, 0.4) is 0 Å². The van der Waals surface area contributed by atoms with Crippen LogP contribution in [0.4, 0.5) is 11.4 Å². The Bertz CT molecular complexity index is 1590. The van der Waals surface area contributed by atoms with Crippen molar-refractivity contribution in [2.75, 3.05) is 11.5 Å². The highest BCUT2D eigenvalue weighted by Gasteiger charge is 2.15. The van der Waals surface area contributed by atoms with Crippen molar-refractivity contribution >= 4 is 39.4 Å². The number of benzene rings is 4. The number of anilines is 2. The van der Waals surface area contributed by atoms with E-state index in [1.54, 1.807) is 36.4 Å². The van der Waals surface area contributed by atoms with Crippen LogP contribution in [0, 0.1) is 0 Å². The van der Waals surface area contributed by atoms with Crippen LogP contribution in [0.2, 0.25) is 0 Å². The molecular formula is C29H22N4O3. The minimum absolute atomic E-state index is 0.133. The Morgan fingerprint density at radius 2 is 1.03 bits per heavy atom. The maximum Gasteiger partial charge on any atom is 0.199 e. The van der Waals surface area contributed by atoms with Gasteiger partial charge < -0.3 is 20.3 Å². The zero-order chi connectivity index (χ0) is 24.6. The molecule has 36 heavy (non-hydrogen) atoms. The number of oxazole rings is 2. The van der Waals surface area contributed by atoms with Crippen molar-refractivity contribution in [2.24, 2.45) is 0 Å². The molecule has 4 N–H and O–H groups in total. The van der Waals surface area contributed by atoms with Gasteiger partial charge in [-0.05, 0) is 71.8 Å². The van der Waals surface area contributed by atoms with Gasteiger partial charge in [0.25, 0.3) is 0 Å². The van der Waals surface area contributed by atoms with Gasteiger partial charge in [0.2, 0.25) is 0 Å². The number of carbonyl (C=O) groups is 1. The Morgan fingerprint density at radius 1 is 0.611 bits per heavy atom. The van der Waals surface area contributed by atoms with Gasteiger partial charge in [0, 0.05) is 35.3 Å². The van der Waals surface area contributed by atoms with Gasteiger partial charge in [0.1, 0.15) is 11.0 Å². The monoisotopic (exact) mass is 474 g/mol. The molecule has 2 heterocycles. The average Bonchev–Trinajstić information content (AvgIpc) is 3.48. The average molecular weight is 475 g/mol. The maximum absolute atomic E-state index is 13.2. The molecule has 0 aliphatic heterocycles. The molecule has 0 aliphatic rings.